The molecule has 11 rings (SSSR count). The lowest BCUT2D eigenvalue weighted by atomic mass is 9.85. The summed E-state index contributed by atoms with van der Waals surface area (Å²) < 4.78 is 2.63. The van der Waals surface area contributed by atoms with Gasteiger partial charge in [-0.05, 0) is 109 Å². The van der Waals surface area contributed by atoms with Gasteiger partial charge in [-0.15, -0.1) is 11.3 Å². The molecule has 0 aliphatic carbocycles. The summed E-state index contributed by atoms with van der Waals surface area (Å²) >= 11 is 1.88. The van der Waals surface area contributed by atoms with Gasteiger partial charge in [0, 0.05) is 37.2 Å². The maximum absolute atomic E-state index is 2.43. The molecule has 2 heteroatoms. The van der Waals surface area contributed by atoms with Crippen LogP contribution in [-0.4, -0.2) is 0 Å². The molecule has 10 aromatic carbocycles. The highest BCUT2D eigenvalue weighted by Crippen LogP contribution is 2.48. The Bertz CT molecular complexity index is 3260. The number of anilines is 3. The smallest absolute Gasteiger partial charge is 0.0468 e. The van der Waals surface area contributed by atoms with Gasteiger partial charge < -0.3 is 4.90 Å². The van der Waals surface area contributed by atoms with Gasteiger partial charge in [0.15, 0.2) is 0 Å². The van der Waals surface area contributed by atoms with E-state index in [0.717, 1.165) is 17.1 Å². The average Bonchev–Trinajstić information content (AvgIpc) is 3.69. The third-order valence-electron chi connectivity index (χ3n) is 11.4. The van der Waals surface area contributed by atoms with Crippen LogP contribution in [0.15, 0.2) is 224 Å². The van der Waals surface area contributed by atoms with E-state index in [2.05, 4.69) is 229 Å². The van der Waals surface area contributed by atoms with E-state index < -0.39 is 0 Å². The van der Waals surface area contributed by atoms with Crippen LogP contribution in [-0.2, 0) is 0 Å². The lowest BCUT2D eigenvalue weighted by Gasteiger charge is -2.27. The van der Waals surface area contributed by atoms with E-state index in [9.17, 15) is 0 Å². The van der Waals surface area contributed by atoms with Crippen LogP contribution in [0.5, 0.6) is 0 Å². The van der Waals surface area contributed by atoms with E-state index in [0.29, 0.717) is 0 Å². The second-order valence-corrected chi connectivity index (χ2v) is 15.9. The lowest BCUT2D eigenvalue weighted by Crippen LogP contribution is -2.10. The third kappa shape index (κ3) is 5.86. The quantitative estimate of drug-likeness (QED) is 0.146. The van der Waals surface area contributed by atoms with Gasteiger partial charge in [0.25, 0.3) is 0 Å². The zero-order chi connectivity index (χ0) is 38.4. The first-order valence-electron chi connectivity index (χ1n) is 19.8. The van der Waals surface area contributed by atoms with Crippen LogP contribution in [0.25, 0.3) is 86.2 Å². The molecule has 0 spiro atoms. The number of rotatable bonds is 7. The summed E-state index contributed by atoms with van der Waals surface area (Å²) in [5.41, 5.74) is 13.1. The number of thiophene rings is 1. The van der Waals surface area contributed by atoms with Gasteiger partial charge in [-0.1, -0.05) is 182 Å². The molecular formula is C56H37NS. The number of fused-ring (bicyclic) bond motifs is 6. The molecule has 58 heavy (non-hydrogen) atoms. The van der Waals surface area contributed by atoms with E-state index in [4.69, 9.17) is 0 Å². The minimum absolute atomic E-state index is 1.10. The second-order valence-electron chi connectivity index (χ2n) is 14.8. The summed E-state index contributed by atoms with van der Waals surface area (Å²) in [6.07, 6.45) is 0. The van der Waals surface area contributed by atoms with Gasteiger partial charge in [0.1, 0.15) is 0 Å². The average molecular weight is 756 g/mol. The fraction of sp³-hybridized carbons (Fsp3) is 0. The number of hydrogen-bond donors (Lipinski definition) is 0. The van der Waals surface area contributed by atoms with Crippen LogP contribution in [0, 0.1) is 0 Å². The highest BCUT2D eigenvalue weighted by atomic mass is 32.1. The van der Waals surface area contributed by atoms with Crippen LogP contribution >= 0.6 is 11.3 Å². The molecule has 0 bridgehead atoms. The summed E-state index contributed by atoms with van der Waals surface area (Å²) in [6, 6.07) is 81.9. The van der Waals surface area contributed by atoms with Crippen LogP contribution < -0.4 is 4.90 Å². The molecule has 272 valence electrons. The first-order chi connectivity index (χ1) is 28.8. The Kier molecular flexibility index (Phi) is 8.42. The molecule has 0 aliphatic rings. The minimum Gasteiger partial charge on any atom is -0.310 e. The molecule has 0 aliphatic heterocycles. The van der Waals surface area contributed by atoms with Crippen molar-refractivity contribution in [3.05, 3.63) is 224 Å². The molecule has 0 unspecified atom stereocenters. The van der Waals surface area contributed by atoms with Gasteiger partial charge in [0.2, 0.25) is 0 Å². The fourth-order valence-corrected chi connectivity index (χ4v) is 10.0. The Morgan fingerprint density at radius 3 is 1.50 bits per heavy atom. The van der Waals surface area contributed by atoms with Crippen LogP contribution in [0.3, 0.4) is 0 Å². The normalized spacial score (nSPS) is 11.4. The number of hydrogen-bond acceptors (Lipinski definition) is 2. The van der Waals surface area contributed by atoms with Crippen molar-refractivity contribution in [1.29, 1.82) is 0 Å². The number of benzene rings is 10. The van der Waals surface area contributed by atoms with Gasteiger partial charge in [0.05, 0.1) is 0 Å². The maximum Gasteiger partial charge on any atom is 0.0468 e. The zero-order valence-corrected chi connectivity index (χ0v) is 32.5. The van der Waals surface area contributed by atoms with Gasteiger partial charge in [-0.3, -0.25) is 0 Å². The Labute approximate surface area is 342 Å². The van der Waals surface area contributed by atoms with Crippen molar-refractivity contribution in [1.82, 2.24) is 0 Å². The van der Waals surface area contributed by atoms with Gasteiger partial charge >= 0.3 is 0 Å². The molecule has 0 fully saturated rings. The third-order valence-corrected chi connectivity index (χ3v) is 12.7. The molecule has 0 radical (unpaired) electrons. The van der Waals surface area contributed by atoms with Crippen molar-refractivity contribution in [3.63, 3.8) is 0 Å². The maximum atomic E-state index is 2.43. The molecule has 0 N–H and O–H groups in total. The van der Waals surface area contributed by atoms with E-state index in [1.807, 2.05) is 11.3 Å². The molecular weight excluding hydrogens is 719 g/mol. The Morgan fingerprint density at radius 1 is 0.276 bits per heavy atom. The summed E-state index contributed by atoms with van der Waals surface area (Å²) in [4.78, 5) is 2.43. The SMILES string of the molecule is c1ccc(-c2ccc(N(c3cccc(-c4cccc5c4sc4ccccc45)c3)c3ccc4c(c3)c(-c3ccccc3)c(-c3ccccc3)c3ccccc34)cc2)cc1. The Balaban J connectivity index is 1.16. The van der Waals surface area contributed by atoms with Crippen molar-refractivity contribution in [2.75, 3.05) is 4.90 Å². The van der Waals surface area contributed by atoms with E-state index in [1.54, 1.807) is 0 Å². The van der Waals surface area contributed by atoms with E-state index in [-0.39, 0.29) is 0 Å². The largest absolute Gasteiger partial charge is 0.310 e. The number of nitrogens with zero attached hydrogens (tertiary/aromatic N) is 1. The molecule has 1 aromatic heterocycles. The molecule has 0 saturated heterocycles. The lowest BCUT2D eigenvalue weighted by molar-refractivity contribution is 1.29. The van der Waals surface area contributed by atoms with Gasteiger partial charge in [-0.2, -0.15) is 0 Å². The van der Waals surface area contributed by atoms with Crippen molar-refractivity contribution in [2.24, 2.45) is 0 Å². The Hall–Kier alpha value is -7.26. The molecule has 0 saturated carbocycles. The van der Waals surface area contributed by atoms with Crippen LogP contribution in [0.4, 0.5) is 17.1 Å². The summed E-state index contributed by atoms with van der Waals surface area (Å²) in [5, 5.41) is 7.58. The highest BCUT2D eigenvalue weighted by molar-refractivity contribution is 7.26. The molecule has 1 heterocycles. The molecule has 1 nitrogen and oxygen atoms in total. The van der Waals surface area contributed by atoms with Crippen LogP contribution in [0.1, 0.15) is 0 Å². The highest BCUT2D eigenvalue weighted by Gasteiger charge is 2.21. The fourth-order valence-electron chi connectivity index (χ4n) is 8.80. The van der Waals surface area contributed by atoms with Crippen molar-refractivity contribution >= 4 is 70.1 Å². The standard InChI is InChI=1S/C56H37NS/c1-4-16-38(17-5-1)39-30-32-43(33-31-39)57(44-23-14-22-42(36-44)46-27-15-28-51-49-25-12-13-29-53(49)58-56(46)51)45-34-35-48-47-24-10-11-26-50(47)54(40-18-6-2-7-19-40)55(52(48)37-45)41-20-8-3-9-21-41/h1-37H. The predicted octanol–water partition coefficient (Wildman–Crippen LogP) is 16.5. The summed E-state index contributed by atoms with van der Waals surface area (Å²) in [6.45, 7) is 0. The first-order valence-corrected chi connectivity index (χ1v) is 20.7. The van der Waals surface area contributed by atoms with Crippen molar-refractivity contribution in [2.45, 2.75) is 0 Å². The van der Waals surface area contributed by atoms with E-state index in [1.165, 1.54) is 86.2 Å². The predicted molar refractivity (Wildman–Crippen MR) is 251 cm³/mol. The Morgan fingerprint density at radius 2 is 0.776 bits per heavy atom. The molecule has 0 atom stereocenters. The molecule has 0 amide bonds. The summed E-state index contributed by atoms with van der Waals surface area (Å²) in [7, 11) is 0. The summed E-state index contributed by atoms with van der Waals surface area (Å²) in [5.74, 6) is 0. The first kappa shape index (κ1) is 34.0. The second kappa shape index (κ2) is 14.4. The minimum atomic E-state index is 1.10. The van der Waals surface area contributed by atoms with E-state index >= 15 is 0 Å². The molecule has 11 aromatic rings. The van der Waals surface area contributed by atoms with Crippen LogP contribution in [0.2, 0.25) is 0 Å². The van der Waals surface area contributed by atoms with Gasteiger partial charge in [-0.25, -0.2) is 0 Å². The van der Waals surface area contributed by atoms with Crippen molar-refractivity contribution < 1.29 is 0 Å². The van der Waals surface area contributed by atoms with Crippen molar-refractivity contribution in [3.8, 4) is 44.5 Å². The monoisotopic (exact) mass is 755 g/mol. The topological polar surface area (TPSA) is 3.24 Å². The zero-order valence-electron chi connectivity index (χ0n) is 31.7.